The summed E-state index contributed by atoms with van der Waals surface area (Å²) in [7, 11) is -3.35. The van der Waals surface area contributed by atoms with E-state index in [4.69, 9.17) is 0 Å². The third-order valence-corrected chi connectivity index (χ3v) is 7.85. The molecule has 8 nitrogen and oxygen atoms in total. The number of piperidine rings is 1. The molecule has 1 fully saturated rings. The van der Waals surface area contributed by atoms with Crippen molar-refractivity contribution in [3.8, 4) is 0 Å². The number of hydrogen-bond donors (Lipinski definition) is 2. The minimum absolute atomic E-state index is 0.100. The van der Waals surface area contributed by atoms with E-state index in [0.717, 1.165) is 11.8 Å². The molecular weight excluding hydrogens is 497 g/mol. The third kappa shape index (κ3) is 6.94. The van der Waals surface area contributed by atoms with Crippen molar-refractivity contribution in [1.29, 1.82) is 0 Å². The summed E-state index contributed by atoms with van der Waals surface area (Å²) in [5, 5.41) is 5.71. The zero-order valence-electron chi connectivity index (χ0n) is 21.8. The highest BCUT2D eigenvalue weighted by Crippen LogP contribution is 2.24. The van der Waals surface area contributed by atoms with Crippen molar-refractivity contribution in [3.63, 3.8) is 0 Å². The second-order valence-electron chi connectivity index (χ2n) is 10.3. The Morgan fingerprint density at radius 2 is 1.59 bits per heavy atom. The van der Waals surface area contributed by atoms with E-state index in [1.54, 1.807) is 17.9 Å². The van der Waals surface area contributed by atoms with Gasteiger partial charge in [0.15, 0.2) is 9.84 Å². The highest BCUT2D eigenvalue weighted by molar-refractivity contribution is 7.90. The molecule has 1 atom stereocenters. The van der Waals surface area contributed by atoms with Gasteiger partial charge >= 0.3 is 0 Å². The summed E-state index contributed by atoms with van der Waals surface area (Å²) < 4.78 is 37.5. The molecule has 0 saturated carbocycles. The van der Waals surface area contributed by atoms with Gasteiger partial charge in [0, 0.05) is 30.4 Å². The number of rotatable bonds is 7. The Bertz CT molecular complexity index is 1280. The van der Waals surface area contributed by atoms with Gasteiger partial charge in [-0.15, -0.1) is 0 Å². The van der Waals surface area contributed by atoms with E-state index in [1.165, 1.54) is 36.4 Å². The first-order chi connectivity index (χ1) is 17.2. The van der Waals surface area contributed by atoms with Crippen LogP contribution in [0.4, 0.5) is 4.39 Å². The van der Waals surface area contributed by atoms with Gasteiger partial charge in [0.05, 0.1) is 10.5 Å². The Balaban J connectivity index is 1.62. The van der Waals surface area contributed by atoms with E-state index in [2.05, 4.69) is 10.6 Å². The molecule has 3 amide bonds. The first-order valence-corrected chi connectivity index (χ1v) is 14.1. The second kappa shape index (κ2) is 11.0. The van der Waals surface area contributed by atoms with Gasteiger partial charge in [-0.25, -0.2) is 12.8 Å². The molecule has 2 aromatic carbocycles. The van der Waals surface area contributed by atoms with Crippen LogP contribution in [-0.2, 0) is 14.6 Å². The summed E-state index contributed by atoms with van der Waals surface area (Å²) in [6.07, 6.45) is 2.10. The quantitative estimate of drug-likeness (QED) is 0.570. The standard InChI is InChI=1S/C27H34FN3O5S/c1-17(2)23(29-25(33)21-16-18(3)6-11-22(21)28)26(34)31-14-12-27(4,13-15-31)30-24(32)19-7-9-20(10-8-19)37(5,35)36/h6-11,16-17,23H,12-15H2,1-5H3,(H,29,33)(H,30,32)/t23-/m1/s1. The average Bonchev–Trinajstić information content (AvgIpc) is 2.83. The molecule has 0 aliphatic carbocycles. The predicted molar refractivity (Wildman–Crippen MR) is 138 cm³/mol. The maximum atomic E-state index is 14.2. The van der Waals surface area contributed by atoms with Gasteiger partial charge in [-0.2, -0.15) is 0 Å². The molecule has 1 heterocycles. The summed E-state index contributed by atoms with van der Waals surface area (Å²) in [6.45, 7) is 8.05. The van der Waals surface area contributed by atoms with E-state index in [1.807, 2.05) is 20.8 Å². The van der Waals surface area contributed by atoms with E-state index >= 15 is 0 Å². The normalized spacial score (nSPS) is 16.2. The number of nitrogens with one attached hydrogen (secondary N) is 2. The van der Waals surface area contributed by atoms with Crippen molar-refractivity contribution in [2.45, 2.75) is 57.0 Å². The van der Waals surface area contributed by atoms with E-state index in [-0.39, 0.29) is 28.2 Å². The van der Waals surface area contributed by atoms with Crippen LogP contribution in [0.15, 0.2) is 47.4 Å². The van der Waals surface area contributed by atoms with Crippen LogP contribution in [0.2, 0.25) is 0 Å². The number of hydrogen-bond acceptors (Lipinski definition) is 5. The lowest BCUT2D eigenvalue weighted by molar-refractivity contribution is -0.135. The number of likely N-dealkylation sites (tertiary alicyclic amines) is 1. The smallest absolute Gasteiger partial charge is 0.254 e. The fourth-order valence-corrected chi connectivity index (χ4v) is 4.92. The molecule has 37 heavy (non-hydrogen) atoms. The topological polar surface area (TPSA) is 113 Å². The van der Waals surface area contributed by atoms with Gasteiger partial charge < -0.3 is 15.5 Å². The zero-order valence-corrected chi connectivity index (χ0v) is 22.6. The molecule has 0 radical (unpaired) electrons. The third-order valence-electron chi connectivity index (χ3n) is 6.72. The molecule has 1 saturated heterocycles. The number of nitrogens with zero attached hydrogens (tertiary/aromatic N) is 1. The first-order valence-electron chi connectivity index (χ1n) is 12.2. The second-order valence-corrected chi connectivity index (χ2v) is 12.3. The van der Waals surface area contributed by atoms with Crippen LogP contribution in [0.1, 0.15) is 59.9 Å². The minimum Gasteiger partial charge on any atom is -0.347 e. The van der Waals surface area contributed by atoms with Gasteiger partial charge in [0.1, 0.15) is 11.9 Å². The fourth-order valence-electron chi connectivity index (χ4n) is 4.29. The molecule has 1 aliphatic rings. The Morgan fingerprint density at radius 3 is 2.14 bits per heavy atom. The van der Waals surface area contributed by atoms with Gasteiger partial charge in [0.25, 0.3) is 11.8 Å². The maximum absolute atomic E-state index is 14.2. The molecule has 2 N–H and O–H groups in total. The minimum atomic E-state index is -3.35. The number of benzene rings is 2. The number of carbonyl (C=O) groups excluding carboxylic acids is 3. The number of amides is 3. The van der Waals surface area contributed by atoms with Crippen molar-refractivity contribution >= 4 is 27.6 Å². The van der Waals surface area contributed by atoms with Gasteiger partial charge in [-0.1, -0.05) is 25.5 Å². The van der Waals surface area contributed by atoms with Gasteiger partial charge in [0.2, 0.25) is 5.91 Å². The lowest BCUT2D eigenvalue weighted by atomic mass is 9.88. The molecule has 0 unspecified atom stereocenters. The van der Waals surface area contributed by atoms with Gasteiger partial charge in [-0.3, -0.25) is 14.4 Å². The predicted octanol–water partition coefficient (Wildman–Crippen LogP) is 3.10. The highest BCUT2D eigenvalue weighted by Gasteiger charge is 2.36. The largest absolute Gasteiger partial charge is 0.347 e. The molecule has 0 spiro atoms. The fraction of sp³-hybridized carbons (Fsp3) is 0.444. The van der Waals surface area contributed by atoms with Crippen LogP contribution in [0.25, 0.3) is 0 Å². The molecule has 2 aromatic rings. The van der Waals surface area contributed by atoms with Crippen LogP contribution in [0.5, 0.6) is 0 Å². The molecule has 10 heteroatoms. The Hall–Kier alpha value is -3.27. The summed E-state index contributed by atoms with van der Waals surface area (Å²) in [4.78, 5) is 40.6. The average molecular weight is 532 g/mol. The summed E-state index contributed by atoms with van der Waals surface area (Å²) in [6, 6.07) is 9.19. The summed E-state index contributed by atoms with van der Waals surface area (Å²) in [5.41, 5.74) is 0.419. The van der Waals surface area contributed by atoms with Crippen molar-refractivity contribution in [2.24, 2.45) is 5.92 Å². The molecule has 0 aromatic heterocycles. The molecule has 3 rings (SSSR count). The highest BCUT2D eigenvalue weighted by atomic mass is 32.2. The van der Waals surface area contributed by atoms with Crippen LogP contribution < -0.4 is 10.6 Å². The molecule has 200 valence electrons. The number of halogens is 1. The SMILES string of the molecule is Cc1ccc(F)c(C(=O)N[C@@H](C(=O)N2CCC(C)(NC(=O)c3ccc(S(C)(=O)=O)cc3)CC2)C(C)C)c1. The van der Waals surface area contributed by atoms with E-state index < -0.39 is 33.1 Å². The number of sulfone groups is 1. The summed E-state index contributed by atoms with van der Waals surface area (Å²) in [5.74, 6) is -2.07. The van der Waals surface area contributed by atoms with Gasteiger partial charge in [-0.05, 0) is 69.0 Å². The first kappa shape index (κ1) is 28.3. The molecule has 1 aliphatic heterocycles. The van der Waals surface area contributed by atoms with Crippen molar-refractivity contribution in [2.75, 3.05) is 19.3 Å². The Morgan fingerprint density at radius 1 is 1.00 bits per heavy atom. The Labute approximate surface area is 217 Å². The maximum Gasteiger partial charge on any atom is 0.254 e. The Kier molecular flexibility index (Phi) is 8.42. The van der Waals surface area contributed by atoms with Crippen LogP contribution in [-0.4, -0.2) is 62.0 Å². The molecular formula is C27H34FN3O5S. The lowest BCUT2D eigenvalue weighted by Gasteiger charge is -2.41. The summed E-state index contributed by atoms with van der Waals surface area (Å²) >= 11 is 0. The van der Waals surface area contributed by atoms with E-state index in [0.29, 0.717) is 31.5 Å². The van der Waals surface area contributed by atoms with Crippen LogP contribution in [0, 0.1) is 18.7 Å². The number of carbonyl (C=O) groups is 3. The monoisotopic (exact) mass is 531 g/mol. The van der Waals surface area contributed by atoms with Crippen LogP contribution in [0.3, 0.4) is 0 Å². The zero-order chi connectivity index (χ0) is 27.5. The van der Waals surface area contributed by atoms with E-state index in [9.17, 15) is 27.2 Å². The van der Waals surface area contributed by atoms with Crippen LogP contribution >= 0.6 is 0 Å². The molecule has 0 bridgehead atoms. The number of aryl methyl sites for hydroxylation is 1. The van der Waals surface area contributed by atoms with Crippen molar-refractivity contribution in [1.82, 2.24) is 15.5 Å². The van der Waals surface area contributed by atoms with Crippen molar-refractivity contribution < 1.29 is 27.2 Å². The van der Waals surface area contributed by atoms with Crippen molar-refractivity contribution in [3.05, 3.63) is 65.0 Å². The lowest BCUT2D eigenvalue weighted by Crippen LogP contribution is -2.58.